The first-order chi connectivity index (χ1) is 10.3. The number of nitrogens with zero attached hydrogens (tertiary/aromatic N) is 4. The fourth-order valence-electron chi connectivity index (χ4n) is 2.64. The van der Waals surface area contributed by atoms with Gasteiger partial charge in [0.05, 0.1) is 30.7 Å². The number of halogens is 1. The molecule has 1 aliphatic heterocycles. The predicted molar refractivity (Wildman–Crippen MR) is 84.0 cm³/mol. The van der Waals surface area contributed by atoms with Crippen LogP contribution >= 0.6 is 11.6 Å². The van der Waals surface area contributed by atoms with Crippen molar-refractivity contribution in [1.29, 1.82) is 0 Å². The molecule has 0 atom stereocenters. The minimum absolute atomic E-state index is 0.683. The van der Waals surface area contributed by atoms with Gasteiger partial charge in [-0.15, -0.1) is 0 Å². The number of hydrogen-bond donors (Lipinski definition) is 0. The Morgan fingerprint density at radius 2 is 1.95 bits per heavy atom. The lowest BCUT2D eigenvalue weighted by Crippen LogP contribution is -2.46. The molecule has 0 aliphatic carbocycles. The second-order valence-corrected chi connectivity index (χ2v) is 5.55. The molecule has 2 aromatic rings. The van der Waals surface area contributed by atoms with E-state index in [1.54, 1.807) is 13.3 Å². The van der Waals surface area contributed by atoms with Crippen LogP contribution in [0.5, 0.6) is 5.75 Å². The smallest absolute Gasteiger partial charge is 0.142 e. The highest BCUT2D eigenvalue weighted by molar-refractivity contribution is 6.30. The minimum atomic E-state index is 0.683. The van der Waals surface area contributed by atoms with Crippen LogP contribution in [0.15, 0.2) is 36.7 Å². The lowest BCUT2D eigenvalue weighted by molar-refractivity contribution is 0.195. The molecule has 0 unspecified atom stereocenters. The minimum Gasteiger partial charge on any atom is -0.495 e. The van der Waals surface area contributed by atoms with Crippen molar-refractivity contribution in [3.63, 3.8) is 0 Å². The van der Waals surface area contributed by atoms with Gasteiger partial charge in [0.25, 0.3) is 0 Å². The van der Waals surface area contributed by atoms with E-state index in [-0.39, 0.29) is 0 Å². The zero-order valence-electron chi connectivity index (χ0n) is 12.1. The van der Waals surface area contributed by atoms with Crippen molar-refractivity contribution in [2.24, 2.45) is 0 Å². The molecule has 21 heavy (non-hydrogen) atoms. The monoisotopic (exact) mass is 306 g/mol. The topological polar surface area (TPSA) is 33.5 Å². The second kappa shape index (κ2) is 6.37. The molecule has 1 aliphatic rings. The highest BCUT2D eigenvalue weighted by Crippen LogP contribution is 2.28. The number of benzene rings is 1. The molecule has 2 heterocycles. The molecule has 1 aromatic carbocycles. The average molecular weight is 307 g/mol. The Morgan fingerprint density at radius 3 is 2.62 bits per heavy atom. The molecule has 112 valence electrons. The number of para-hydroxylation sites is 2. The van der Waals surface area contributed by atoms with Gasteiger partial charge in [0, 0.05) is 32.4 Å². The van der Waals surface area contributed by atoms with Gasteiger partial charge in [-0.3, -0.25) is 9.58 Å². The summed E-state index contributed by atoms with van der Waals surface area (Å²) in [6, 6.07) is 8.17. The Kier molecular flexibility index (Phi) is 4.31. The summed E-state index contributed by atoms with van der Waals surface area (Å²) in [7, 11) is 1.72. The molecule has 1 saturated heterocycles. The van der Waals surface area contributed by atoms with Crippen molar-refractivity contribution in [3.8, 4) is 5.75 Å². The van der Waals surface area contributed by atoms with Crippen molar-refractivity contribution < 1.29 is 4.74 Å². The van der Waals surface area contributed by atoms with Gasteiger partial charge >= 0.3 is 0 Å². The Labute approximate surface area is 129 Å². The van der Waals surface area contributed by atoms with Crippen molar-refractivity contribution in [2.45, 2.75) is 6.67 Å². The number of ether oxygens (including phenoxy) is 1. The van der Waals surface area contributed by atoms with Crippen LogP contribution in [0, 0.1) is 0 Å². The van der Waals surface area contributed by atoms with Crippen molar-refractivity contribution >= 4 is 17.3 Å². The van der Waals surface area contributed by atoms with Gasteiger partial charge in [0.15, 0.2) is 0 Å². The summed E-state index contributed by atoms with van der Waals surface area (Å²) in [5, 5.41) is 4.91. The largest absolute Gasteiger partial charge is 0.495 e. The van der Waals surface area contributed by atoms with E-state index in [1.165, 1.54) is 5.69 Å². The number of rotatable bonds is 4. The highest BCUT2D eigenvalue weighted by Gasteiger charge is 2.19. The molecule has 0 N–H and O–H groups in total. The van der Waals surface area contributed by atoms with E-state index in [1.807, 2.05) is 23.0 Å². The lowest BCUT2D eigenvalue weighted by atomic mass is 10.2. The number of methoxy groups -OCH3 is 1. The van der Waals surface area contributed by atoms with Crippen LogP contribution < -0.4 is 9.64 Å². The van der Waals surface area contributed by atoms with Crippen molar-refractivity contribution in [1.82, 2.24) is 14.7 Å². The van der Waals surface area contributed by atoms with Gasteiger partial charge in [-0.05, 0) is 12.1 Å². The molecular formula is C15H19ClN4O. The van der Waals surface area contributed by atoms with Gasteiger partial charge in [0.2, 0.25) is 0 Å². The third-order valence-corrected chi connectivity index (χ3v) is 3.94. The van der Waals surface area contributed by atoms with E-state index in [2.05, 4.69) is 27.0 Å². The molecule has 5 nitrogen and oxygen atoms in total. The van der Waals surface area contributed by atoms with E-state index in [0.29, 0.717) is 5.02 Å². The summed E-state index contributed by atoms with van der Waals surface area (Å²) in [5.74, 6) is 0.935. The van der Waals surface area contributed by atoms with E-state index < -0.39 is 0 Å². The van der Waals surface area contributed by atoms with Crippen molar-refractivity contribution in [3.05, 3.63) is 41.7 Å². The second-order valence-electron chi connectivity index (χ2n) is 5.12. The molecule has 6 heteroatoms. The van der Waals surface area contributed by atoms with E-state index in [0.717, 1.165) is 38.6 Å². The van der Waals surface area contributed by atoms with Crippen LogP contribution in [0.25, 0.3) is 0 Å². The maximum atomic E-state index is 5.89. The fourth-order valence-corrected chi connectivity index (χ4v) is 2.80. The van der Waals surface area contributed by atoms with E-state index in [9.17, 15) is 0 Å². The molecule has 0 amide bonds. The third kappa shape index (κ3) is 3.31. The van der Waals surface area contributed by atoms with Gasteiger partial charge in [-0.2, -0.15) is 5.10 Å². The Hall–Kier alpha value is -1.72. The van der Waals surface area contributed by atoms with Gasteiger partial charge in [-0.25, -0.2) is 0 Å². The summed E-state index contributed by atoms with van der Waals surface area (Å²) in [5.41, 5.74) is 1.17. The quantitative estimate of drug-likeness (QED) is 0.868. The SMILES string of the molecule is COc1ccccc1N1CCN(Cn2cc(Cl)cn2)CC1. The van der Waals surface area contributed by atoms with E-state index >= 15 is 0 Å². The first-order valence-corrected chi connectivity index (χ1v) is 7.42. The summed E-state index contributed by atoms with van der Waals surface area (Å²) < 4.78 is 7.32. The Morgan fingerprint density at radius 1 is 1.19 bits per heavy atom. The Balaban J connectivity index is 1.60. The molecular weight excluding hydrogens is 288 g/mol. The highest BCUT2D eigenvalue weighted by atomic mass is 35.5. The fraction of sp³-hybridized carbons (Fsp3) is 0.400. The molecule has 1 fully saturated rings. The van der Waals surface area contributed by atoms with E-state index in [4.69, 9.17) is 16.3 Å². The number of hydrogen-bond acceptors (Lipinski definition) is 4. The normalized spacial score (nSPS) is 16.2. The summed E-state index contributed by atoms with van der Waals surface area (Å²) in [4.78, 5) is 4.74. The molecule has 0 saturated carbocycles. The predicted octanol–water partition coefficient (Wildman–Crippen LogP) is 2.32. The number of aromatic nitrogens is 2. The van der Waals surface area contributed by atoms with Crippen LogP contribution in [0.3, 0.4) is 0 Å². The van der Waals surface area contributed by atoms with Crippen molar-refractivity contribution in [2.75, 3.05) is 38.2 Å². The van der Waals surface area contributed by atoms with Crippen LogP contribution in [-0.4, -0.2) is 48.0 Å². The van der Waals surface area contributed by atoms with Gasteiger partial charge < -0.3 is 9.64 Å². The summed E-state index contributed by atoms with van der Waals surface area (Å²) >= 11 is 5.89. The summed E-state index contributed by atoms with van der Waals surface area (Å²) in [6.07, 6.45) is 3.53. The average Bonchev–Trinajstić information content (AvgIpc) is 2.93. The van der Waals surface area contributed by atoms with Crippen LogP contribution in [0.1, 0.15) is 0 Å². The first-order valence-electron chi connectivity index (χ1n) is 7.04. The summed E-state index contributed by atoms with van der Waals surface area (Å²) in [6.45, 7) is 4.74. The zero-order valence-corrected chi connectivity index (χ0v) is 12.8. The number of anilines is 1. The zero-order chi connectivity index (χ0) is 14.7. The van der Waals surface area contributed by atoms with Crippen LogP contribution in [-0.2, 0) is 6.67 Å². The molecule has 0 spiro atoms. The Bertz CT molecular complexity index is 593. The molecule has 0 bridgehead atoms. The van der Waals surface area contributed by atoms with Crippen LogP contribution in [0.2, 0.25) is 5.02 Å². The molecule has 0 radical (unpaired) electrons. The molecule has 1 aromatic heterocycles. The number of piperazine rings is 1. The molecule has 3 rings (SSSR count). The maximum Gasteiger partial charge on any atom is 0.142 e. The third-order valence-electron chi connectivity index (χ3n) is 3.74. The van der Waals surface area contributed by atoms with Gasteiger partial charge in [0.1, 0.15) is 5.75 Å². The maximum absolute atomic E-state index is 5.89. The van der Waals surface area contributed by atoms with Gasteiger partial charge in [-0.1, -0.05) is 23.7 Å². The standard InChI is InChI=1S/C15H19ClN4O/c1-21-15-5-3-2-4-14(15)19-8-6-18(7-9-19)12-20-11-13(16)10-17-20/h2-5,10-11H,6-9,12H2,1H3. The van der Waals surface area contributed by atoms with Crippen LogP contribution in [0.4, 0.5) is 5.69 Å². The first kappa shape index (κ1) is 14.2. The lowest BCUT2D eigenvalue weighted by Gasteiger charge is -2.36.